The Kier molecular flexibility index (Phi) is 2.92. The molecule has 0 amide bonds. The lowest BCUT2D eigenvalue weighted by atomic mass is 10.1. The first-order valence-electron chi connectivity index (χ1n) is 6.28. The van der Waals surface area contributed by atoms with Crippen molar-refractivity contribution in [1.82, 2.24) is 20.2 Å². The molecule has 0 bridgehead atoms. The van der Waals surface area contributed by atoms with Gasteiger partial charge in [0, 0.05) is 29.5 Å². The summed E-state index contributed by atoms with van der Waals surface area (Å²) in [6, 6.07) is 4.57. The molecule has 21 heavy (non-hydrogen) atoms. The summed E-state index contributed by atoms with van der Waals surface area (Å²) in [4.78, 5) is 11.5. The third-order valence-corrected chi connectivity index (χ3v) is 3.46. The van der Waals surface area contributed by atoms with Crippen molar-refractivity contribution in [2.45, 2.75) is 25.8 Å². The molecule has 1 saturated carbocycles. The van der Waals surface area contributed by atoms with E-state index in [2.05, 4.69) is 15.4 Å². The SMILES string of the molecule is Cc1ccc(-c2nnn(CC3CC3(F)F)n2)cc1[N+](=O)[O-]. The second kappa shape index (κ2) is 4.54. The molecular weight excluding hydrogens is 284 g/mol. The summed E-state index contributed by atoms with van der Waals surface area (Å²) in [6.07, 6.45) is -0.167. The molecule has 9 heteroatoms. The number of hydrogen-bond acceptors (Lipinski definition) is 5. The number of nitro benzene ring substituents is 1. The van der Waals surface area contributed by atoms with Gasteiger partial charge >= 0.3 is 0 Å². The topological polar surface area (TPSA) is 86.7 Å². The minimum absolute atomic E-state index is 0.00600. The minimum Gasteiger partial charge on any atom is -0.258 e. The standard InChI is InChI=1S/C12H11F2N5O2/c1-7-2-3-8(4-10(7)19(20)21)11-15-17-18(16-11)6-9-5-12(9,13)14/h2-4,9H,5-6H2,1H3. The van der Waals surface area contributed by atoms with E-state index < -0.39 is 16.8 Å². The highest BCUT2D eigenvalue weighted by molar-refractivity contribution is 5.60. The van der Waals surface area contributed by atoms with Gasteiger partial charge in [0.05, 0.1) is 11.5 Å². The summed E-state index contributed by atoms with van der Waals surface area (Å²) in [5.41, 5.74) is 0.910. The number of hydrogen-bond donors (Lipinski definition) is 0. The normalized spacial score (nSPS) is 19.5. The van der Waals surface area contributed by atoms with Crippen molar-refractivity contribution in [2.75, 3.05) is 0 Å². The maximum Gasteiger partial charge on any atom is 0.273 e. The Morgan fingerprint density at radius 1 is 1.52 bits per heavy atom. The second-order valence-electron chi connectivity index (χ2n) is 5.09. The van der Waals surface area contributed by atoms with E-state index in [1.165, 1.54) is 6.07 Å². The van der Waals surface area contributed by atoms with Gasteiger partial charge in [-0.1, -0.05) is 12.1 Å². The predicted molar refractivity (Wildman–Crippen MR) is 67.7 cm³/mol. The molecule has 0 aliphatic heterocycles. The zero-order chi connectivity index (χ0) is 15.2. The van der Waals surface area contributed by atoms with Crippen LogP contribution in [0.1, 0.15) is 12.0 Å². The molecule has 0 radical (unpaired) electrons. The van der Waals surface area contributed by atoms with Crippen LogP contribution < -0.4 is 0 Å². The van der Waals surface area contributed by atoms with E-state index in [0.29, 0.717) is 11.1 Å². The van der Waals surface area contributed by atoms with E-state index in [0.717, 1.165) is 4.80 Å². The van der Waals surface area contributed by atoms with Gasteiger partial charge < -0.3 is 0 Å². The van der Waals surface area contributed by atoms with Crippen LogP contribution in [0.3, 0.4) is 0 Å². The van der Waals surface area contributed by atoms with E-state index in [4.69, 9.17) is 0 Å². The highest BCUT2D eigenvalue weighted by Crippen LogP contribution is 2.49. The fourth-order valence-corrected chi connectivity index (χ4v) is 2.05. The van der Waals surface area contributed by atoms with Crippen molar-refractivity contribution >= 4 is 5.69 Å². The van der Waals surface area contributed by atoms with E-state index >= 15 is 0 Å². The number of nitrogens with zero attached hydrogens (tertiary/aromatic N) is 5. The lowest BCUT2D eigenvalue weighted by molar-refractivity contribution is -0.385. The molecule has 2 aromatic rings. The summed E-state index contributed by atoms with van der Waals surface area (Å²) in [5.74, 6) is -3.22. The summed E-state index contributed by atoms with van der Waals surface area (Å²) < 4.78 is 25.7. The lowest BCUT2D eigenvalue weighted by Crippen LogP contribution is -2.08. The molecule has 7 nitrogen and oxygen atoms in total. The van der Waals surface area contributed by atoms with Crippen molar-refractivity contribution in [3.8, 4) is 11.4 Å². The number of nitro groups is 1. The molecular formula is C12H11F2N5O2. The number of benzene rings is 1. The van der Waals surface area contributed by atoms with Gasteiger partial charge in [-0.15, -0.1) is 10.2 Å². The van der Waals surface area contributed by atoms with Crippen molar-refractivity contribution in [1.29, 1.82) is 0 Å². The van der Waals surface area contributed by atoms with E-state index in [1.807, 2.05) is 0 Å². The van der Waals surface area contributed by atoms with Crippen molar-refractivity contribution in [2.24, 2.45) is 5.92 Å². The zero-order valence-electron chi connectivity index (χ0n) is 11.0. The van der Waals surface area contributed by atoms with Gasteiger partial charge in [-0.25, -0.2) is 8.78 Å². The van der Waals surface area contributed by atoms with E-state index in [-0.39, 0.29) is 24.5 Å². The van der Waals surface area contributed by atoms with Crippen LogP contribution in [0.5, 0.6) is 0 Å². The molecule has 1 heterocycles. The van der Waals surface area contributed by atoms with Gasteiger partial charge in [-0.2, -0.15) is 4.80 Å². The predicted octanol–water partition coefficient (Wildman–Crippen LogP) is 2.21. The Morgan fingerprint density at radius 2 is 2.24 bits per heavy atom. The van der Waals surface area contributed by atoms with Gasteiger partial charge in [0.2, 0.25) is 5.82 Å². The van der Waals surface area contributed by atoms with Crippen LogP contribution in [-0.2, 0) is 6.54 Å². The number of alkyl halides is 2. The van der Waals surface area contributed by atoms with Crippen LogP contribution in [-0.4, -0.2) is 31.1 Å². The Labute approximate surface area is 117 Å². The molecule has 0 N–H and O–H groups in total. The highest BCUT2D eigenvalue weighted by atomic mass is 19.3. The number of aromatic nitrogens is 4. The zero-order valence-corrected chi connectivity index (χ0v) is 11.0. The van der Waals surface area contributed by atoms with Crippen LogP contribution in [0.2, 0.25) is 0 Å². The Hall–Kier alpha value is -2.45. The molecule has 1 aromatic heterocycles. The van der Waals surface area contributed by atoms with Crippen molar-refractivity contribution < 1.29 is 13.7 Å². The van der Waals surface area contributed by atoms with Crippen molar-refractivity contribution in [3.05, 3.63) is 33.9 Å². The van der Waals surface area contributed by atoms with E-state index in [9.17, 15) is 18.9 Å². The molecule has 1 aliphatic carbocycles. The van der Waals surface area contributed by atoms with Crippen LogP contribution in [0.4, 0.5) is 14.5 Å². The lowest BCUT2D eigenvalue weighted by Gasteiger charge is -1.99. The minimum atomic E-state index is -2.64. The number of tetrazole rings is 1. The molecule has 1 fully saturated rings. The Morgan fingerprint density at radius 3 is 2.86 bits per heavy atom. The first kappa shape index (κ1) is 13.5. The smallest absolute Gasteiger partial charge is 0.258 e. The quantitative estimate of drug-likeness (QED) is 0.637. The number of aryl methyl sites for hydroxylation is 1. The molecule has 1 aliphatic rings. The third-order valence-electron chi connectivity index (χ3n) is 3.46. The van der Waals surface area contributed by atoms with Gasteiger partial charge in [0.25, 0.3) is 11.6 Å². The molecule has 0 saturated heterocycles. The van der Waals surface area contributed by atoms with Crippen LogP contribution in [0.15, 0.2) is 18.2 Å². The maximum absolute atomic E-state index is 12.8. The van der Waals surface area contributed by atoms with Crippen molar-refractivity contribution in [3.63, 3.8) is 0 Å². The maximum atomic E-state index is 12.8. The van der Waals surface area contributed by atoms with Crippen LogP contribution in [0, 0.1) is 23.0 Å². The second-order valence-corrected chi connectivity index (χ2v) is 5.09. The largest absolute Gasteiger partial charge is 0.273 e. The van der Waals surface area contributed by atoms with Gasteiger partial charge in [0.1, 0.15) is 0 Å². The third kappa shape index (κ3) is 2.58. The van der Waals surface area contributed by atoms with Gasteiger partial charge in [-0.3, -0.25) is 10.1 Å². The number of halogens is 2. The summed E-state index contributed by atoms with van der Waals surface area (Å²) in [5, 5.41) is 22.4. The average Bonchev–Trinajstić information content (AvgIpc) is 2.83. The first-order valence-corrected chi connectivity index (χ1v) is 6.28. The Bertz CT molecular complexity index is 715. The average molecular weight is 295 g/mol. The fraction of sp³-hybridized carbons (Fsp3) is 0.417. The molecule has 3 rings (SSSR count). The molecule has 1 aromatic carbocycles. The summed E-state index contributed by atoms with van der Waals surface area (Å²) in [7, 11) is 0. The Balaban J connectivity index is 1.83. The monoisotopic (exact) mass is 295 g/mol. The molecule has 110 valence electrons. The summed E-state index contributed by atoms with van der Waals surface area (Å²) in [6.45, 7) is 1.62. The summed E-state index contributed by atoms with van der Waals surface area (Å²) >= 11 is 0. The van der Waals surface area contributed by atoms with Crippen LogP contribution in [0.25, 0.3) is 11.4 Å². The molecule has 0 spiro atoms. The molecule has 1 unspecified atom stereocenters. The van der Waals surface area contributed by atoms with Gasteiger partial charge in [0.15, 0.2) is 0 Å². The van der Waals surface area contributed by atoms with Crippen LogP contribution >= 0.6 is 0 Å². The van der Waals surface area contributed by atoms with E-state index in [1.54, 1.807) is 19.1 Å². The number of rotatable bonds is 4. The van der Waals surface area contributed by atoms with Gasteiger partial charge in [-0.05, 0) is 12.1 Å². The molecule has 1 atom stereocenters. The first-order chi connectivity index (χ1) is 9.87. The highest BCUT2D eigenvalue weighted by Gasteiger charge is 2.57. The fourth-order valence-electron chi connectivity index (χ4n) is 2.05.